The topological polar surface area (TPSA) is 64.6 Å². The van der Waals surface area contributed by atoms with Gasteiger partial charge in [0.25, 0.3) is 5.91 Å². The molecular weight excluding hydrogens is 342 g/mol. The molecule has 6 heteroatoms. The van der Waals surface area contributed by atoms with Gasteiger partial charge in [-0.2, -0.15) is 0 Å². The van der Waals surface area contributed by atoms with E-state index in [0.29, 0.717) is 22.0 Å². The zero-order valence-electron chi connectivity index (χ0n) is 14.6. The van der Waals surface area contributed by atoms with Gasteiger partial charge >= 0.3 is 5.97 Å². The zero-order chi connectivity index (χ0) is 18.6. The van der Waals surface area contributed by atoms with Crippen LogP contribution in [0, 0.1) is 13.8 Å². The number of hydrogen-bond donors (Lipinski definition) is 1. The fourth-order valence-electron chi connectivity index (χ4n) is 2.20. The lowest BCUT2D eigenvalue weighted by molar-refractivity contribution is -0.122. The quantitative estimate of drug-likeness (QED) is 0.812. The Balaban J connectivity index is 2.13. The summed E-state index contributed by atoms with van der Waals surface area (Å²) in [7, 11) is 1.29. The molecule has 5 nitrogen and oxygen atoms in total. The monoisotopic (exact) mass is 361 g/mol. The molecule has 0 unspecified atom stereocenters. The third-order valence-electron chi connectivity index (χ3n) is 3.87. The maximum Gasteiger partial charge on any atom is 0.337 e. The zero-order valence-corrected chi connectivity index (χ0v) is 15.3. The van der Waals surface area contributed by atoms with Crippen LogP contribution < -0.4 is 10.1 Å². The van der Waals surface area contributed by atoms with E-state index >= 15 is 0 Å². The molecule has 2 rings (SSSR count). The highest BCUT2D eigenvalue weighted by Gasteiger charge is 2.18. The van der Waals surface area contributed by atoms with E-state index in [-0.39, 0.29) is 5.91 Å². The molecule has 0 heterocycles. The minimum absolute atomic E-state index is 0.297. The summed E-state index contributed by atoms with van der Waals surface area (Å²) in [5, 5.41) is 3.00. The number of ether oxygens (including phenoxy) is 2. The van der Waals surface area contributed by atoms with Crippen molar-refractivity contribution in [1.29, 1.82) is 0 Å². The summed E-state index contributed by atoms with van der Waals surface area (Å²) in [5.41, 5.74) is 2.68. The van der Waals surface area contributed by atoms with Gasteiger partial charge in [0.1, 0.15) is 5.75 Å². The van der Waals surface area contributed by atoms with Gasteiger partial charge in [-0.25, -0.2) is 4.79 Å². The number of benzene rings is 2. The lowest BCUT2D eigenvalue weighted by Crippen LogP contribution is -2.30. The molecule has 0 bridgehead atoms. The number of methoxy groups -OCH3 is 1. The first kappa shape index (κ1) is 18.8. The molecule has 0 aliphatic heterocycles. The van der Waals surface area contributed by atoms with Gasteiger partial charge in [-0.15, -0.1) is 0 Å². The molecule has 0 saturated heterocycles. The van der Waals surface area contributed by atoms with Crippen LogP contribution in [-0.2, 0) is 9.53 Å². The van der Waals surface area contributed by atoms with Crippen molar-refractivity contribution in [2.75, 3.05) is 12.4 Å². The summed E-state index contributed by atoms with van der Waals surface area (Å²) >= 11 is 6.09. The van der Waals surface area contributed by atoms with Gasteiger partial charge < -0.3 is 14.8 Å². The standard InChI is InChI=1S/C19H20ClNO4/c1-11-6-5-7-17(12(11)2)25-13(3)18(22)21-16-10-14(19(23)24-4)8-9-15(16)20/h5-10,13H,1-4H3,(H,21,22)/t13-/m0/s1. The van der Waals surface area contributed by atoms with E-state index in [2.05, 4.69) is 10.1 Å². The lowest BCUT2D eigenvalue weighted by atomic mass is 10.1. The van der Waals surface area contributed by atoms with E-state index in [1.807, 2.05) is 32.0 Å². The summed E-state index contributed by atoms with van der Waals surface area (Å²) in [6.45, 7) is 5.56. The van der Waals surface area contributed by atoms with E-state index in [1.54, 1.807) is 6.92 Å². The summed E-state index contributed by atoms with van der Waals surface area (Å²) in [5.74, 6) is -0.228. The van der Waals surface area contributed by atoms with E-state index in [0.717, 1.165) is 11.1 Å². The number of carbonyl (C=O) groups excluding carboxylic acids is 2. The summed E-state index contributed by atoms with van der Waals surface area (Å²) in [6, 6.07) is 10.2. The first-order valence-corrected chi connectivity index (χ1v) is 8.13. The van der Waals surface area contributed by atoms with Crippen molar-refractivity contribution in [3.05, 3.63) is 58.1 Å². The average Bonchev–Trinajstić information content (AvgIpc) is 2.60. The Morgan fingerprint density at radius 2 is 1.88 bits per heavy atom. The van der Waals surface area contributed by atoms with Gasteiger partial charge in [0.2, 0.25) is 0 Å². The maximum absolute atomic E-state index is 12.4. The number of esters is 1. The molecule has 2 aromatic carbocycles. The van der Waals surface area contributed by atoms with E-state index < -0.39 is 12.1 Å². The number of carbonyl (C=O) groups is 2. The highest BCUT2D eigenvalue weighted by molar-refractivity contribution is 6.33. The predicted molar refractivity (Wildman–Crippen MR) is 97.4 cm³/mol. The highest BCUT2D eigenvalue weighted by atomic mass is 35.5. The Bertz CT molecular complexity index is 804. The van der Waals surface area contributed by atoms with Crippen LogP contribution in [0.25, 0.3) is 0 Å². The summed E-state index contributed by atoms with van der Waals surface area (Å²) in [6.07, 6.45) is -0.738. The molecule has 0 aliphatic carbocycles. The Morgan fingerprint density at radius 1 is 1.16 bits per heavy atom. The maximum atomic E-state index is 12.4. The second kappa shape index (κ2) is 8.03. The lowest BCUT2D eigenvalue weighted by Gasteiger charge is -2.17. The normalized spacial score (nSPS) is 11.6. The van der Waals surface area contributed by atoms with Gasteiger partial charge in [-0.1, -0.05) is 23.7 Å². The second-order valence-electron chi connectivity index (χ2n) is 5.63. The molecule has 0 fully saturated rings. The van der Waals surface area contributed by atoms with Crippen LogP contribution >= 0.6 is 11.6 Å². The third-order valence-corrected chi connectivity index (χ3v) is 4.20. The van der Waals surface area contributed by atoms with E-state index in [9.17, 15) is 9.59 Å². The second-order valence-corrected chi connectivity index (χ2v) is 6.04. The van der Waals surface area contributed by atoms with Gasteiger partial charge in [-0.3, -0.25) is 4.79 Å². The molecule has 0 radical (unpaired) electrons. The first-order chi connectivity index (χ1) is 11.8. The highest BCUT2D eigenvalue weighted by Crippen LogP contribution is 2.25. The van der Waals surface area contributed by atoms with Crippen LogP contribution in [0.3, 0.4) is 0 Å². The van der Waals surface area contributed by atoms with Crippen molar-refractivity contribution in [3.8, 4) is 5.75 Å². The van der Waals surface area contributed by atoms with Crippen molar-refractivity contribution < 1.29 is 19.1 Å². The number of halogens is 1. The minimum Gasteiger partial charge on any atom is -0.481 e. The third kappa shape index (κ3) is 4.51. The first-order valence-electron chi connectivity index (χ1n) is 7.75. The molecule has 0 spiro atoms. The molecule has 132 valence electrons. The Labute approximate surface area is 151 Å². The number of hydrogen-bond acceptors (Lipinski definition) is 4. The Hall–Kier alpha value is -2.53. The molecule has 0 saturated carbocycles. The largest absolute Gasteiger partial charge is 0.481 e. The number of rotatable bonds is 5. The molecular formula is C19H20ClNO4. The summed E-state index contributed by atoms with van der Waals surface area (Å²) in [4.78, 5) is 24.0. The van der Waals surface area contributed by atoms with Crippen molar-refractivity contribution in [3.63, 3.8) is 0 Å². The average molecular weight is 362 g/mol. The molecule has 25 heavy (non-hydrogen) atoms. The van der Waals surface area contributed by atoms with Crippen molar-refractivity contribution in [2.45, 2.75) is 26.9 Å². The number of anilines is 1. The van der Waals surface area contributed by atoms with Crippen LogP contribution in [0.4, 0.5) is 5.69 Å². The van der Waals surface area contributed by atoms with Gasteiger partial charge in [0, 0.05) is 0 Å². The van der Waals surface area contributed by atoms with Crippen LogP contribution in [0.15, 0.2) is 36.4 Å². The van der Waals surface area contributed by atoms with Crippen LogP contribution in [0.2, 0.25) is 5.02 Å². The summed E-state index contributed by atoms with van der Waals surface area (Å²) < 4.78 is 10.4. The Morgan fingerprint density at radius 3 is 2.56 bits per heavy atom. The van der Waals surface area contributed by atoms with Crippen molar-refractivity contribution in [1.82, 2.24) is 0 Å². The van der Waals surface area contributed by atoms with E-state index in [1.165, 1.54) is 25.3 Å². The van der Waals surface area contributed by atoms with Crippen molar-refractivity contribution in [2.24, 2.45) is 0 Å². The molecule has 1 atom stereocenters. The molecule has 0 aliphatic rings. The number of amides is 1. The minimum atomic E-state index is -0.738. The van der Waals surface area contributed by atoms with E-state index in [4.69, 9.17) is 16.3 Å². The van der Waals surface area contributed by atoms with Gasteiger partial charge in [-0.05, 0) is 56.2 Å². The van der Waals surface area contributed by atoms with Gasteiger partial charge in [0.15, 0.2) is 6.10 Å². The fourth-order valence-corrected chi connectivity index (χ4v) is 2.36. The van der Waals surface area contributed by atoms with Crippen LogP contribution in [0.5, 0.6) is 5.75 Å². The predicted octanol–water partition coefficient (Wildman–Crippen LogP) is 4.15. The Kier molecular flexibility index (Phi) is 6.04. The van der Waals surface area contributed by atoms with Crippen LogP contribution in [0.1, 0.15) is 28.4 Å². The SMILES string of the molecule is COC(=O)c1ccc(Cl)c(NC(=O)[C@H](C)Oc2cccc(C)c2C)c1. The molecule has 1 N–H and O–H groups in total. The van der Waals surface area contributed by atoms with Crippen LogP contribution in [-0.4, -0.2) is 25.1 Å². The van der Waals surface area contributed by atoms with Crippen molar-refractivity contribution >= 4 is 29.2 Å². The number of aryl methyl sites for hydroxylation is 1. The number of nitrogens with one attached hydrogen (secondary N) is 1. The molecule has 1 amide bonds. The molecule has 0 aromatic heterocycles. The smallest absolute Gasteiger partial charge is 0.337 e. The molecule has 2 aromatic rings. The van der Waals surface area contributed by atoms with Gasteiger partial charge in [0.05, 0.1) is 23.4 Å². The fraction of sp³-hybridized carbons (Fsp3) is 0.263.